The zero-order valence-electron chi connectivity index (χ0n) is 8.52. The minimum Gasteiger partial charge on any atom is -0.462 e. The second-order valence-electron chi connectivity index (χ2n) is 3.28. The number of aromatic amines is 1. The van der Waals surface area contributed by atoms with Crippen LogP contribution in [0.15, 0.2) is 21.9 Å². The molecule has 1 aromatic heterocycles. The van der Waals surface area contributed by atoms with Crippen molar-refractivity contribution in [3.05, 3.63) is 33.1 Å². The van der Waals surface area contributed by atoms with Crippen LogP contribution in [0, 0.1) is 0 Å². The Balaban J connectivity index is 2.77. The molecular formula is C9H12N2O4. The van der Waals surface area contributed by atoms with E-state index in [0.29, 0.717) is 0 Å². The number of hydrogen-bond acceptors (Lipinski definition) is 4. The summed E-state index contributed by atoms with van der Waals surface area (Å²) < 4.78 is 5.92. The number of aromatic nitrogens is 2. The number of carbonyl (C=O) groups is 1. The normalized spacial score (nSPS) is 10.3. The molecule has 0 saturated carbocycles. The van der Waals surface area contributed by atoms with Crippen molar-refractivity contribution in [2.75, 3.05) is 0 Å². The van der Waals surface area contributed by atoms with Gasteiger partial charge < -0.3 is 4.74 Å². The maximum Gasteiger partial charge on any atom is 0.328 e. The predicted molar refractivity (Wildman–Crippen MR) is 52.6 cm³/mol. The van der Waals surface area contributed by atoms with Gasteiger partial charge in [0.15, 0.2) is 0 Å². The molecular weight excluding hydrogens is 200 g/mol. The van der Waals surface area contributed by atoms with Crippen LogP contribution in [0.1, 0.15) is 13.8 Å². The Labute approximate surface area is 85.5 Å². The second kappa shape index (κ2) is 4.59. The van der Waals surface area contributed by atoms with Gasteiger partial charge in [0.2, 0.25) is 0 Å². The van der Waals surface area contributed by atoms with Gasteiger partial charge in [-0.2, -0.15) is 0 Å². The smallest absolute Gasteiger partial charge is 0.328 e. The molecule has 1 heterocycles. The highest BCUT2D eigenvalue weighted by Crippen LogP contribution is 1.90. The van der Waals surface area contributed by atoms with Crippen LogP contribution in [0.5, 0.6) is 0 Å². The van der Waals surface area contributed by atoms with Crippen molar-refractivity contribution in [1.82, 2.24) is 9.55 Å². The maximum atomic E-state index is 11.2. The molecule has 0 amide bonds. The molecule has 0 fully saturated rings. The number of hydrogen-bond donors (Lipinski definition) is 1. The largest absolute Gasteiger partial charge is 0.462 e. The Bertz CT molecular complexity index is 458. The molecule has 1 rings (SSSR count). The van der Waals surface area contributed by atoms with Crippen molar-refractivity contribution in [3.8, 4) is 0 Å². The summed E-state index contributed by atoms with van der Waals surface area (Å²) in [5.74, 6) is -0.515. The van der Waals surface area contributed by atoms with Gasteiger partial charge in [-0.25, -0.2) is 4.79 Å². The third-order valence-electron chi connectivity index (χ3n) is 1.56. The Morgan fingerprint density at radius 3 is 2.73 bits per heavy atom. The van der Waals surface area contributed by atoms with Crippen molar-refractivity contribution < 1.29 is 9.53 Å². The summed E-state index contributed by atoms with van der Waals surface area (Å²) in [7, 11) is 0. The molecule has 1 aromatic rings. The first-order valence-corrected chi connectivity index (χ1v) is 4.48. The molecule has 0 aliphatic heterocycles. The van der Waals surface area contributed by atoms with Crippen molar-refractivity contribution in [2.24, 2.45) is 0 Å². The van der Waals surface area contributed by atoms with E-state index in [1.54, 1.807) is 13.8 Å². The summed E-state index contributed by atoms with van der Waals surface area (Å²) in [4.78, 5) is 35.1. The second-order valence-corrected chi connectivity index (χ2v) is 3.28. The summed E-state index contributed by atoms with van der Waals surface area (Å²) in [5.41, 5.74) is -1.11. The molecule has 0 aliphatic carbocycles. The number of carbonyl (C=O) groups excluding carboxylic acids is 1. The van der Waals surface area contributed by atoms with E-state index >= 15 is 0 Å². The van der Waals surface area contributed by atoms with E-state index in [-0.39, 0.29) is 12.6 Å². The van der Waals surface area contributed by atoms with Crippen LogP contribution < -0.4 is 11.2 Å². The summed E-state index contributed by atoms with van der Waals surface area (Å²) in [6.45, 7) is 3.23. The van der Waals surface area contributed by atoms with Gasteiger partial charge in [0.05, 0.1) is 6.10 Å². The third kappa shape index (κ3) is 3.41. The topological polar surface area (TPSA) is 81.2 Å². The van der Waals surface area contributed by atoms with Crippen LogP contribution in [-0.2, 0) is 16.1 Å². The molecule has 1 N–H and O–H groups in total. The summed E-state index contributed by atoms with van der Waals surface area (Å²) in [6.07, 6.45) is 1.03. The standard InChI is InChI=1S/C9H12N2O4/c1-6(2)15-8(13)5-11-4-3-7(12)10-9(11)14/h3-4,6H,5H2,1-2H3,(H,10,12,14). The molecule has 0 aliphatic rings. The zero-order valence-corrected chi connectivity index (χ0v) is 8.52. The Morgan fingerprint density at radius 2 is 2.20 bits per heavy atom. The highest BCUT2D eigenvalue weighted by Gasteiger charge is 2.07. The lowest BCUT2D eigenvalue weighted by molar-refractivity contribution is -0.148. The van der Waals surface area contributed by atoms with Gasteiger partial charge in [0.1, 0.15) is 6.54 Å². The van der Waals surface area contributed by atoms with Crippen LogP contribution in [0.4, 0.5) is 0 Å². The number of nitrogens with zero attached hydrogens (tertiary/aromatic N) is 1. The monoisotopic (exact) mass is 212 g/mol. The number of H-pyrrole nitrogens is 1. The van der Waals surface area contributed by atoms with E-state index in [0.717, 1.165) is 4.57 Å². The van der Waals surface area contributed by atoms with Gasteiger partial charge in [0.25, 0.3) is 5.56 Å². The fraction of sp³-hybridized carbons (Fsp3) is 0.444. The number of ether oxygens (including phenoxy) is 1. The molecule has 0 aromatic carbocycles. The SMILES string of the molecule is CC(C)OC(=O)Cn1ccc(=O)[nH]c1=O. The van der Waals surface area contributed by atoms with Crippen LogP contribution in [0.3, 0.4) is 0 Å². The fourth-order valence-electron chi connectivity index (χ4n) is 1.01. The van der Waals surface area contributed by atoms with Gasteiger partial charge in [0, 0.05) is 12.3 Å². The lowest BCUT2D eigenvalue weighted by Gasteiger charge is -2.08. The van der Waals surface area contributed by atoms with Crippen molar-refractivity contribution in [1.29, 1.82) is 0 Å². The molecule has 82 valence electrons. The lowest BCUT2D eigenvalue weighted by Crippen LogP contribution is -2.31. The molecule has 0 saturated heterocycles. The molecule has 0 bridgehead atoms. The van der Waals surface area contributed by atoms with Crippen molar-refractivity contribution in [3.63, 3.8) is 0 Å². The van der Waals surface area contributed by atoms with Crippen LogP contribution in [-0.4, -0.2) is 21.6 Å². The molecule has 0 unspecified atom stereocenters. The van der Waals surface area contributed by atoms with Gasteiger partial charge >= 0.3 is 11.7 Å². The van der Waals surface area contributed by atoms with Gasteiger partial charge in [-0.3, -0.25) is 19.1 Å². The maximum absolute atomic E-state index is 11.2. The average molecular weight is 212 g/mol. The minimum atomic E-state index is -0.622. The first-order valence-electron chi connectivity index (χ1n) is 4.48. The molecule has 6 heteroatoms. The van der Waals surface area contributed by atoms with Gasteiger partial charge in [-0.1, -0.05) is 0 Å². The van der Waals surface area contributed by atoms with Crippen LogP contribution in [0.25, 0.3) is 0 Å². The Hall–Kier alpha value is -1.85. The van der Waals surface area contributed by atoms with E-state index in [4.69, 9.17) is 4.74 Å². The number of esters is 1. The quantitative estimate of drug-likeness (QED) is 0.684. The third-order valence-corrected chi connectivity index (χ3v) is 1.56. The first-order chi connectivity index (χ1) is 6.99. The number of rotatable bonds is 3. The highest BCUT2D eigenvalue weighted by molar-refractivity contribution is 5.69. The van der Waals surface area contributed by atoms with Crippen LogP contribution in [0.2, 0.25) is 0 Å². The van der Waals surface area contributed by atoms with E-state index in [2.05, 4.69) is 0 Å². The summed E-state index contributed by atoms with van der Waals surface area (Å²) in [6, 6.07) is 1.17. The molecule has 0 spiro atoms. The Morgan fingerprint density at radius 1 is 1.53 bits per heavy atom. The highest BCUT2D eigenvalue weighted by atomic mass is 16.5. The Kier molecular flexibility index (Phi) is 3.43. The van der Waals surface area contributed by atoms with Crippen molar-refractivity contribution >= 4 is 5.97 Å². The van der Waals surface area contributed by atoms with Gasteiger partial charge in [-0.05, 0) is 13.8 Å². The van der Waals surface area contributed by atoms with E-state index in [9.17, 15) is 14.4 Å². The molecule has 15 heavy (non-hydrogen) atoms. The zero-order chi connectivity index (χ0) is 11.4. The lowest BCUT2D eigenvalue weighted by atomic mass is 10.5. The van der Waals surface area contributed by atoms with E-state index < -0.39 is 17.2 Å². The minimum absolute atomic E-state index is 0.201. The van der Waals surface area contributed by atoms with E-state index in [1.807, 2.05) is 4.98 Å². The van der Waals surface area contributed by atoms with Crippen LogP contribution >= 0.6 is 0 Å². The van der Waals surface area contributed by atoms with Crippen molar-refractivity contribution in [2.45, 2.75) is 26.5 Å². The van der Waals surface area contributed by atoms with E-state index in [1.165, 1.54) is 12.3 Å². The molecule has 0 radical (unpaired) electrons. The molecule has 0 atom stereocenters. The molecule has 6 nitrogen and oxygen atoms in total. The summed E-state index contributed by atoms with van der Waals surface area (Å²) in [5, 5.41) is 0. The fourth-order valence-corrected chi connectivity index (χ4v) is 1.01. The average Bonchev–Trinajstić information content (AvgIpc) is 2.08. The van der Waals surface area contributed by atoms with Gasteiger partial charge in [-0.15, -0.1) is 0 Å². The summed E-state index contributed by atoms with van der Waals surface area (Å²) >= 11 is 0. The first kappa shape index (κ1) is 11.2. The number of nitrogens with one attached hydrogen (secondary N) is 1. The predicted octanol–water partition coefficient (Wildman–Crippen LogP) is -0.512.